The van der Waals surface area contributed by atoms with Crippen molar-refractivity contribution in [1.82, 2.24) is 0 Å². The molecule has 0 radical (unpaired) electrons. The normalized spacial score (nSPS) is 20.7. The van der Waals surface area contributed by atoms with Crippen LogP contribution in [0.4, 0.5) is 5.69 Å². The van der Waals surface area contributed by atoms with Gasteiger partial charge in [-0.15, -0.1) is 0 Å². The van der Waals surface area contributed by atoms with Gasteiger partial charge in [0.1, 0.15) is 23.4 Å². The van der Waals surface area contributed by atoms with Gasteiger partial charge < -0.3 is 14.9 Å². The molecule has 2 atom stereocenters. The summed E-state index contributed by atoms with van der Waals surface area (Å²) in [5.74, 6) is -1.43. The molecule has 1 N–H and O–H groups in total. The summed E-state index contributed by atoms with van der Waals surface area (Å²) < 4.78 is 5.57. The summed E-state index contributed by atoms with van der Waals surface area (Å²) in [7, 11) is 0. The number of para-hydroxylation sites is 2. The fourth-order valence-corrected chi connectivity index (χ4v) is 4.25. The highest BCUT2D eigenvalue weighted by atomic mass is 16.7. The van der Waals surface area contributed by atoms with Crippen molar-refractivity contribution >= 4 is 23.1 Å². The molecule has 1 spiro atoms. The Kier molecular flexibility index (Phi) is 4.68. The van der Waals surface area contributed by atoms with E-state index in [9.17, 15) is 9.59 Å². The Labute approximate surface area is 183 Å². The Balaban J connectivity index is 1.69. The average molecular weight is 423 g/mol. The SMILES string of the molecule is N#CCOc1ccccc1C1=NO[C@]2(C(=O)Nc3ccccc32)[C@H]1C(=O)c1ccccc1. The first kappa shape index (κ1) is 19.5. The molecule has 2 aliphatic rings. The van der Waals surface area contributed by atoms with Gasteiger partial charge in [0.15, 0.2) is 12.4 Å². The molecule has 0 unspecified atom stereocenters. The molecular formula is C25H17N3O4. The number of oxime groups is 1. The van der Waals surface area contributed by atoms with Gasteiger partial charge in [0.2, 0.25) is 0 Å². The number of carbonyl (C=O) groups is 2. The van der Waals surface area contributed by atoms with Crippen LogP contribution < -0.4 is 10.1 Å². The van der Waals surface area contributed by atoms with Gasteiger partial charge in [-0.3, -0.25) is 9.59 Å². The van der Waals surface area contributed by atoms with E-state index in [4.69, 9.17) is 14.8 Å². The molecule has 3 aromatic carbocycles. The standard InChI is InChI=1S/C25H17N3O4/c26-14-15-31-20-13-7-4-10-17(20)22-21(23(29)16-8-2-1-3-9-16)25(32-28-22)18-11-5-6-12-19(18)27-24(25)30/h1-13,21H,15H2,(H,27,30)/t21-,25+/m1/s1. The van der Waals surface area contributed by atoms with Crippen LogP contribution >= 0.6 is 0 Å². The zero-order chi connectivity index (χ0) is 22.1. The van der Waals surface area contributed by atoms with Gasteiger partial charge in [0.05, 0.1) is 0 Å². The third kappa shape index (κ3) is 2.85. The van der Waals surface area contributed by atoms with Gasteiger partial charge in [-0.2, -0.15) is 5.26 Å². The van der Waals surface area contributed by atoms with Gasteiger partial charge >= 0.3 is 0 Å². The number of hydrogen-bond acceptors (Lipinski definition) is 6. The second-order valence-electron chi connectivity index (χ2n) is 7.41. The van der Waals surface area contributed by atoms with Crippen molar-refractivity contribution in [2.24, 2.45) is 11.1 Å². The lowest BCUT2D eigenvalue weighted by Gasteiger charge is -2.27. The number of nitriles is 1. The summed E-state index contributed by atoms with van der Waals surface area (Å²) in [6, 6.07) is 24.7. The van der Waals surface area contributed by atoms with E-state index in [1.807, 2.05) is 12.1 Å². The number of fused-ring (bicyclic) bond motifs is 2. The lowest BCUT2D eigenvalue weighted by Crippen LogP contribution is -2.46. The highest BCUT2D eigenvalue weighted by molar-refractivity contribution is 6.25. The third-order valence-electron chi connectivity index (χ3n) is 5.66. The minimum absolute atomic E-state index is 0.170. The van der Waals surface area contributed by atoms with E-state index < -0.39 is 17.4 Å². The van der Waals surface area contributed by atoms with Gasteiger partial charge in [-0.05, 0) is 18.2 Å². The fraction of sp³-hybridized carbons (Fsp3) is 0.120. The average Bonchev–Trinajstić information content (AvgIpc) is 3.37. The molecule has 0 saturated heterocycles. The Morgan fingerprint density at radius 2 is 1.78 bits per heavy atom. The smallest absolute Gasteiger partial charge is 0.277 e. The number of carbonyl (C=O) groups excluding carboxylic acids is 2. The van der Waals surface area contributed by atoms with Crippen molar-refractivity contribution in [2.75, 3.05) is 11.9 Å². The summed E-state index contributed by atoms with van der Waals surface area (Å²) in [5.41, 5.74) is 0.691. The molecule has 3 aromatic rings. The molecule has 156 valence electrons. The molecule has 0 bridgehead atoms. The molecule has 2 aliphatic heterocycles. The van der Waals surface area contributed by atoms with Gasteiger partial charge in [0, 0.05) is 22.4 Å². The first-order valence-corrected chi connectivity index (χ1v) is 10.0. The Morgan fingerprint density at radius 3 is 2.59 bits per heavy atom. The van der Waals surface area contributed by atoms with Crippen molar-refractivity contribution in [3.63, 3.8) is 0 Å². The van der Waals surface area contributed by atoms with Crippen LogP contribution in [0.3, 0.4) is 0 Å². The Hall–Kier alpha value is -4.44. The zero-order valence-electron chi connectivity index (χ0n) is 16.8. The van der Waals surface area contributed by atoms with E-state index in [0.29, 0.717) is 28.1 Å². The largest absolute Gasteiger partial charge is 0.478 e. The van der Waals surface area contributed by atoms with Crippen LogP contribution in [0, 0.1) is 17.2 Å². The molecule has 0 fully saturated rings. The summed E-state index contributed by atoms with van der Waals surface area (Å²) >= 11 is 0. The van der Waals surface area contributed by atoms with E-state index in [1.54, 1.807) is 72.8 Å². The Morgan fingerprint density at radius 1 is 1.06 bits per heavy atom. The lowest BCUT2D eigenvalue weighted by atomic mass is 9.74. The maximum absolute atomic E-state index is 13.8. The zero-order valence-corrected chi connectivity index (χ0v) is 16.8. The number of benzene rings is 3. The van der Waals surface area contributed by atoms with Crippen LogP contribution in [0.2, 0.25) is 0 Å². The first-order chi connectivity index (χ1) is 15.7. The van der Waals surface area contributed by atoms with Crippen molar-refractivity contribution in [1.29, 1.82) is 5.26 Å². The number of Topliss-reactive ketones (excluding diaryl/α,β-unsaturated/α-hetero) is 1. The van der Waals surface area contributed by atoms with Crippen LogP contribution in [0.15, 0.2) is 84.0 Å². The van der Waals surface area contributed by atoms with Crippen molar-refractivity contribution in [2.45, 2.75) is 5.60 Å². The topological polar surface area (TPSA) is 101 Å². The van der Waals surface area contributed by atoms with E-state index in [1.165, 1.54) is 0 Å². The van der Waals surface area contributed by atoms with Crippen LogP contribution in [0.5, 0.6) is 5.75 Å². The maximum Gasteiger partial charge on any atom is 0.277 e. The minimum atomic E-state index is -1.64. The Bertz CT molecular complexity index is 1300. The summed E-state index contributed by atoms with van der Waals surface area (Å²) in [6.45, 7) is -0.170. The molecule has 1 amide bonds. The number of rotatable bonds is 5. The van der Waals surface area contributed by atoms with Gasteiger partial charge in [-0.25, -0.2) is 0 Å². The van der Waals surface area contributed by atoms with Crippen molar-refractivity contribution in [3.8, 4) is 11.8 Å². The lowest BCUT2D eigenvalue weighted by molar-refractivity contribution is -0.140. The van der Waals surface area contributed by atoms with Crippen LogP contribution in [0.25, 0.3) is 0 Å². The van der Waals surface area contributed by atoms with Crippen LogP contribution in [-0.4, -0.2) is 24.0 Å². The first-order valence-electron chi connectivity index (χ1n) is 10.0. The number of anilines is 1. The van der Waals surface area contributed by atoms with Crippen LogP contribution in [-0.2, 0) is 15.2 Å². The monoisotopic (exact) mass is 423 g/mol. The maximum atomic E-state index is 13.8. The highest BCUT2D eigenvalue weighted by Gasteiger charge is 2.63. The summed E-state index contributed by atoms with van der Waals surface area (Å²) in [5, 5.41) is 16.0. The predicted molar refractivity (Wildman–Crippen MR) is 116 cm³/mol. The van der Waals surface area contributed by atoms with E-state index in [-0.39, 0.29) is 18.1 Å². The molecule has 7 heteroatoms. The molecular weight excluding hydrogens is 406 g/mol. The molecule has 7 nitrogen and oxygen atoms in total. The summed E-state index contributed by atoms with van der Waals surface area (Å²) in [4.78, 5) is 33.0. The third-order valence-corrected chi connectivity index (χ3v) is 5.66. The number of hydrogen-bond donors (Lipinski definition) is 1. The number of ether oxygens (including phenoxy) is 1. The second kappa shape index (κ2) is 7.67. The van der Waals surface area contributed by atoms with Gasteiger partial charge in [0.25, 0.3) is 11.5 Å². The molecule has 2 heterocycles. The molecule has 5 rings (SSSR count). The molecule has 0 saturated carbocycles. The van der Waals surface area contributed by atoms with Gasteiger partial charge in [-0.1, -0.05) is 65.8 Å². The molecule has 0 aliphatic carbocycles. The second-order valence-corrected chi connectivity index (χ2v) is 7.41. The number of nitrogens with zero attached hydrogens (tertiary/aromatic N) is 2. The highest BCUT2D eigenvalue weighted by Crippen LogP contribution is 2.50. The quantitative estimate of drug-likeness (QED) is 0.631. The molecule has 0 aromatic heterocycles. The number of amides is 1. The van der Waals surface area contributed by atoms with Crippen molar-refractivity contribution in [3.05, 3.63) is 95.6 Å². The summed E-state index contributed by atoms with van der Waals surface area (Å²) in [6.07, 6.45) is 0. The van der Waals surface area contributed by atoms with E-state index in [2.05, 4.69) is 10.5 Å². The van der Waals surface area contributed by atoms with Crippen LogP contribution in [0.1, 0.15) is 21.5 Å². The fourth-order valence-electron chi connectivity index (χ4n) is 4.25. The van der Waals surface area contributed by atoms with E-state index >= 15 is 0 Å². The van der Waals surface area contributed by atoms with Crippen molar-refractivity contribution < 1.29 is 19.2 Å². The number of ketones is 1. The number of nitrogens with one attached hydrogen (secondary N) is 1. The minimum Gasteiger partial charge on any atom is -0.478 e. The predicted octanol–water partition coefficient (Wildman–Crippen LogP) is 3.67. The molecule has 32 heavy (non-hydrogen) atoms. The van der Waals surface area contributed by atoms with E-state index in [0.717, 1.165) is 0 Å².